The number of rotatable bonds is 1. The molecular formula is C14H16N4O2. The molecule has 0 bridgehead atoms. The number of carbonyl (C=O) groups is 1. The number of hydrogen-bond acceptors (Lipinski definition) is 5. The Bertz CT molecular complexity index is 623. The largest absolute Gasteiger partial charge is 0.453 e. The zero-order valence-corrected chi connectivity index (χ0v) is 11.3. The van der Waals surface area contributed by atoms with Crippen molar-refractivity contribution in [3.63, 3.8) is 0 Å². The van der Waals surface area contributed by atoms with Crippen molar-refractivity contribution in [1.82, 2.24) is 14.9 Å². The van der Waals surface area contributed by atoms with Crippen molar-refractivity contribution >= 4 is 22.9 Å². The Morgan fingerprint density at radius 3 is 2.55 bits per heavy atom. The predicted molar refractivity (Wildman–Crippen MR) is 75.7 cm³/mol. The summed E-state index contributed by atoms with van der Waals surface area (Å²) >= 11 is 0. The van der Waals surface area contributed by atoms with Gasteiger partial charge in [-0.05, 0) is 12.1 Å². The number of amides is 1. The third-order valence-electron chi connectivity index (χ3n) is 3.47. The van der Waals surface area contributed by atoms with Gasteiger partial charge in [0, 0.05) is 26.2 Å². The van der Waals surface area contributed by atoms with Gasteiger partial charge in [-0.15, -0.1) is 0 Å². The minimum Gasteiger partial charge on any atom is -0.453 e. The molecule has 0 radical (unpaired) electrons. The summed E-state index contributed by atoms with van der Waals surface area (Å²) in [7, 11) is 1.41. The summed E-state index contributed by atoms with van der Waals surface area (Å²) in [6, 6.07) is 7.81. The molecular weight excluding hydrogens is 256 g/mol. The zero-order valence-electron chi connectivity index (χ0n) is 11.3. The third kappa shape index (κ3) is 2.36. The lowest BCUT2D eigenvalue weighted by Gasteiger charge is -2.34. The Morgan fingerprint density at radius 1 is 1.15 bits per heavy atom. The molecule has 1 aliphatic heterocycles. The molecule has 1 fully saturated rings. The molecule has 6 heteroatoms. The molecule has 104 valence electrons. The van der Waals surface area contributed by atoms with E-state index in [1.807, 2.05) is 24.3 Å². The van der Waals surface area contributed by atoms with Crippen LogP contribution in [0.3, 0.4) is 0 Å². The van der Waals surface area contributed by atoms with Crippen LogP contribution < -0.4 is 4.90 Å². The molecule has 1 aromatic carbocycles. The second kappa shape index (κ2) is 5.32. The van der Waals surface area contributed by atoms with Crippen molar-refractivity contribution in [2.24, 2.45) is 0 Å². The molecule has 1 saturated heterocycles. The number of anilines is 1. The SMILES string of the molecule is COC(=O)N1CCN(c2cnc3ccccc3n2)CC1. The normalized spacial score (nSPS) is 15.4. The second-order valence-electron chi connectivity index (χ2n) is 4.66. The van der Waals surface area contributed by atoms with Crippen molar-refractivity contribution in [2.45, 2.75) is 0 Å². The van der Waals surface area contributed by atoms with Gasteiger partial charge >= 0.3 is 6.09 Å². The molecule has 0 aliphatic carbocycles. The highest BCUT2D eigenvalue weighted by molar-refractivity contribution is 5.75. The van der Waals surface area contributed by atoms with Gasteiger partial charge in [-0.2, -0.15) is 0 Å². The second-order valence-corrected chi connectivity index (χ2v) is 4.66. The summed E-state index contributed by atoms with van der Waals surface area (Å²) in [4.78, 5) is 24.3. The summed E-state index contributed by atoms with van der Waals surface area (Å²) in [5.41, 5.74) is 1.78. The van der Waals surface area contributed by atoms with Gasteiger partial charge < -0.3 is 14.5 Å². The summed E-state index contributed by atoms with van der Waals surface area (Å²) in [6.45, 7) is 2.76. The van der Waals surface area contributed by atoms with E-state index in [4.69, 9.17) is 4.74 Å². The van der Waals surface area contributed by atoms with E-state index in [-0.39, 0.29) is 6.09 Å². The topological polar surface area (TPSA) is 58.6 Å². The van der Waals surface area contributed by atoms with E-state index in [1.165, 1.54) is 7.11 Å². The molecule has 1 aliphatic rings. The van der Waals surface area contributed by atoms with Crippen molar-refractivity contribution in [3.8, 4) is 0 Å². The lowest BCUT2D eigenvalue weighted by molar-refractivity contribution is 0.121. The maximum atomic E-state index is 11.4. The fourth-order valence-corrected chi connectivity index (χ4v) is 2.35. The minimum absolute atomic E-state index is 0.269. The van der Waals surface area contributed by atoms with Crippen LogP contribution in [0, 0.1) is 0 Å². The number of methoxy groups -OCH3 is 1. The van der Waals surface area contributed by atoms with E-state index in [2.05, 4.69) is 14.9 Å². The van der Waals surface area contributed by atoms with Crippen LogP contribution in [-0.4, -0.2) is 54.2 Å². The molecule has 0 unspecified atom stereocenters. The predicted octanol–water partition coefficient (Wildman–Crippen LogP) is 1.52. The van der Waals surface area contributed by atoms with E-state index >= 15 is 0 Å². The fraction of sp³-hybridized carbons (Fsp3) is 0.357. The zero-order chi connectivity index (χ0) is 13.9. The molecule has 0 saturated carbocycles. The number of piperazine rings is 1. The van der Waals surface area contributed by atoms with Crippen LogP contribution in [0.25, 0.3) is 11.0 Å². The standard InChI is InChI=1S/C14H16N4O2/c1-20-14(19)18-8-6-17(7-9-18)13-10-15-11-4-2-3-5-12(11)16-13/h2-5,10H,6-9H2,1H3. The van der Waals surface area contributed by atoms with E-state index in [1.54, 1.807) is 11.1 Å². The van der Waals surface area contributed by atoms with E-state index in [9.17, 15) is 4.79 Å². The molecule has 0 spiro atoms. The summed E-state index contributed by atoms with van der Waals surface area (Å²) in [5.74, 6) is 0.855. The van der Waals surface area contributed by atoms with Crippen molar-refractivity contribution < 1.29 is 9.53 Å². The highest BCUT2D eigenvalue weighted by atomic mass is 16.5. The average molecular weight is 272 g/mol. The summed E-state index contributed by atoms with van der Waals surface area (Å²) in [5, 5.41) is 0. The van der Waals surface area contributed by atoms with Crippen LogP contribution >= 0.6 is 0 Å². The molecule has 0 N–H and O–H groups in total. The average Bonchev–Trinajstić information content (AvgIpc) is 2.54. The number of benzene rings is 1. The van der Waals surface area contributed by atoms with Gasteiger partial charge in [0.15, 0.2) is 0 Å². The minimum atomic E-state index is -0.269. The van der Waals surface area contributed by atoms with Crippen LogP contribution in [0.15, 0.2) is 30.5 Å². The van der Waals surface area contributed by atoms with Crippen molar-refractivity contribution in [3.05, 3.63) is 30.5 Å². The highest BCUT2D eigenvalue weighted by Crippen LogP contribution is 2.17. The van der Waals surface area contributed by atoms with Crippen LogP contribution in [0.1, 0.15) is 0 Å². The quantitative estimate of drug-likeness (QED) is 0.787. The monoisotopic (exact) mass is 272 g/mol. The van der Waals surface area contributed by atoms with Crippen molar-refractivity contribution in [2.75, 3.05) is 38.2 Å². The maximum Gasteiger partial charge on any atom is 0.409 e. The van der Waals surface area contributed by atoms with Crippen LogP contribution in [0.2, 0.25) is 0 Å². The first-order chi connectivity index (χ1) is 9.78. The number of hydrogen-bond donors (Lipinski definition) is 0. The molecule has 2 heterocycles. The van der Waals surface area contributed by atoms with Gasteiger partial charge in [0.2, 0.25) is 0 Å². The molecule has 6 nitrogen and oxygen atoms in total. The first kappa shape index (κ1) is 12.7. The number of carbonyl (C=O) groups excluding carboxylic acids is 1. The smallest absolute Gasteiger partial charge is 0.409 e. The summed E-state index contributed by atoms with van der Waals surface area (Å²) < 4.78 is 4.73. The van der Waals surface area contributed by atoms with Gasteiger partial charge in [-0.25, -0.2) is 9.78 Å². The Hall–Kier alpha value is -2.37. The molecule has 3 rings (SSSR count). The fourth-order valence-electron chi connectivity index (χ4n) is 2.35. The van der Waals surface area contributed by atoms with Crippen LogP contribution in [0.4, 0.5) is 10.6 Å². The van der Waals surface area contributed by atoms with E-state index in [0.29, 0.717) is 13.1 Å². The number of nitrogens with zero attached hydrogens (tertiary/aromatic N) is 4. The van der Waals surface area contributed by atoms with E-state index < -0.39 is 0 Å². The molecule has 20 heavy (non-hydrogen) atoms. The van der Waals surface area contributed by atoms with Gasteiger partial charge in [0.1, 0.15) is 5.82 Å². The number of para-hydroxylation sites is 2. The summed E-state index contributed by atoms with van der Waals surface area (Å²) in [6.07, 6.45) is 1.52. The van der Waals surface area contributed by atoms with Gasteiger partial charge in [-0.1, -0.05) is 12.1 Å². The van der Waals surface area contributed by atoms with Crippen molar-refractivity contribution in [1.29, 1.82) is 0 Å². The molecule has 0 atom stereocenters. The number of ether oxygens (including phenoxy) is 1. The first-order valence-electron chi connectivity index (χ1n) is 6.57. The lowest BCUT2D eigenvalue weighted by Crippen LogP contribution is -2.49. The maximum absolute atomic E-state index is 11.4. The Kier molecular flexibility index (Phi) is 3.37. The first-order valence-corrected chi connectivity index (χ1v) is 6.57. The van der Waals surface area contributed by atoms with Crippen LogP contribution in [0.5, 0.6) is 0 Å². The highest BCUT2D eigenvalue weighted by Gasteiger charge is 2.22. The molecule has 1 aromatic heterocycles. The van der Waals surface area contributed by atoms with E-state index in [0.717, 1.165) is 29.9 Å². The Labute approximate surface area is 117 Å². The Balaban J connectivity index is 1.75. The van der Waals surface area contributed by atoms with Crippen LogP contribution in [-0.2, 0) is 4.74 Å². The lowest BCUT2D eigenvalue weighted by atomic mass is 10.3. The van der Waals surface area contributed by atoms with Gasteiger partial charge in [-0.3, -0.25) is 4.98 Å². The van der Waals surface area contributed by atoms with Gasteiger partial charge in [0.05, 0.1) is 24.3 Å². The van der Waals surface area contributed by atoms with Gasteiger partial charge in [0.25, 0.3) is 0 Å². The number of aromatic nitrogens is 2. The number of fused-ring (bicyclic) bond motifs is 1. The Morgan fingerprint density at radius 2 is 1.85 bits per heavy atom. The third-order valence-corrected chi connectivity index (χ3v) is 3.47. The molecule has 2 aromatic rings. The molecule has 1 amide bonds.